The van der Waals surface area contributed by atoms with Gasteiger partial charge in [0.2, 0.25) is 0 Å². The van der Waals surface area contributed by atoms with Crippen molar-refractivity contribution in [3.05, 3.63) is 66.7 Å². The summed E-state index contributed by atoms with van der Waals surface area (Å²) >= 11 is 0. The van der Waals surface area contributed by atoms with Gasteiger partial charge in [-0.15, -0.1) is 0 Å². The second-order valence-corrected chi connectivity index (χ2v) is 7.40. The number of nitrogens with zero attached hydrogens (tertiary/aromatic N) is 1. The molecule has 0 bridgehead atoms. The van der Waals surface area contributed by atoms with Gasteiger partial charge < -0.3 is 4.90 Å². The van der Waals surface area contributed by atoms with Gasteiger partial charge in [-0.2, -0.15) is 0 Å². The molecule has 5 aromatic carbocycles. The lowest BCUT2D eigenvalue weighted by Crippen LogP contribution is -2.15. The topological polar surface area (TPSA) is 3.24 Å². The van der Waals surface area contributed by atoms with Crippen LogP contribution in [0.5, 0.6) is 0 Å². The molecule has 0 heterocycles. The molecule has 5 aromatic rings. The van der Waals surface area contributed by atoms with Crippen LogP contribution in [0.25, 0.3) is 54.6 Å². The summed E-state index contributed by atoms with van der Waals surface area (Å²) in [5.41, 5.74) is 6.79. The highest BCUT2D eigenvalue weighted by Crippen LogP contribution is 2.52. The Morgan fingerprint density at radius 1 is 0.615 bits per heavy atom. The van der Waals surface area contributed by atoms with E-state index in [0.717, 1.165) is 6.54 Å². The Hall–Kier alpha value is -3.06. The molecule has 1 heteroatoms. The fraction of sp³-hybridized carbons (Fsp3) is 0.120. The van der Waals surface area contributed by atoms with Crippen LogP contribution >= 0.6 is 0 Å². The lowest BCUT2D eigenvalue weighted by molar-refractivity contribution is 0.969. The van der Waals surface area contributed by atoms with Crippen molar-refractivity contribution in [1.82, 2.24) is 0 Å². The molecule has 0 saturated carbocycles. The lowest BCUT2D eigenvalue weighted by Gasteiger charge is -2.18. The Morgan fingerprint density at radius 3 is 2.19 bits per heavy atom. The molecule has 0 atom stereocenters. The van der Waals surface area contributed by atoms with E-state index in [0.29, 0.717) is 0 Å². The highest BCUT2D eigenvalue weighted by Gasteiger charge is 2.24. The van der Waals surface area contributed by atoms with Gasteiger partial charge in [-0.25, -0.2) is 0 Å². The molecule has 0 aromatic heterocycles. The molecule has 0 saturated heterocycles. The number of hydrogen-bond acceptors (Lipinski definition) is 1. The van der Waals surface area contributed by atoms with E-state index in [9.17, 15) is 0 Å². The molecule has 0 radical (unpaired) electrons. The summed E-state index contributed by atoms with van der Waals surface area (Å²) < 4.78 is 0. The highest BCUT2D eigenvalue weighted by atomic mass is 15.1. The maximum atomic E-state index is 2.40. The molecule has 6 rings (SSSR count). The van der Waals surface area contributed by atoms with Gasteiger partial charge in [-0.3, -0.25) is 0 Å². The standard InChI is InChI=1S/C25H19N/c1-3-26(2)18-10-12-19-20-11-9-16-8-7-15-5-4-6-17-13-22(21(19)14-18)25(20)24(16)23(15)17/h4-14H,3H2,1-2H3. The number of fused-ring (bicyclic) bond motifs is 3. The van der Waals surface area contributed by atoms with E-state index in [1.807, 2.05) is 0 Å². The number of hydrogen-bond donors (Lipinski definition) is 0. The van der Waals surface area contributed by atoms with E-state index < -0.39 is 0 Å². The Kier molecular flexibility index (Phi) is 2.59. The monoisotopic (exact) mass is 333 g/mol. The van der Waals surface area contributed by atoms with E-state index >= 15 is 0 Å². The summed E-state index contributed by atoms with van der Waals surface area (Å²) in [5.74, 6) is 0. The minimum absolute atomic E-state index is 1.01. The summed E-state index contributed by atoms with van der Waals surface area (Å²) in [4.78, 5) is 2.30. The zero-order valence-electron chi connectivity index (χ0n) is 15.0. The third-order valence-electron chi connectivity index (χ3n) is 6.13. The summed E-state index contributed by atoms with van der Waals surface area (Å²) in [7, 11) is 2.16. The SMILES string of the molecule is CCN(C)c1ccc2c(c1)-c1cc3cccc4ccc5ccc-2c1c5c43. The predicted octanol–water partition coefficient (Wildman–Crippen LogP) is 6.69. The second kappa shape index (κ2) is 4.76. The lowest BCUT2D eigenvalue weighted by atomic mass is 9.91. The van der Waals surface area contributed by atoms with Gasteiger partial charge in [0.05, 0.1) is 0 Å². The van der Waals surface area contributed by atoms with E-state index in [1.165, 1.54) is 60.3 Å². The molecule has 0 N–H and O–H groups in total. The van der Waals surface area contributed by atoms with Crippen LogP contribution in [0.15, 0.2) is 66.7 Å². The van der Waals surface area contributed by atoms with Crippen molar-refractivity contribution in [1.29, 1.82) is 0 Å². The first-order valence-electron chi connectivity index (χ1n) is 9.32. The molecule has 26 heavy (non-hydrogen) atoms. The third-order valence-corrected chi connectivity index (χ3v) is 6.13. The molecule has 1 aliphatic rings. The first-order chi connectivity index (χ1) is 12.8. The van der Waals surface area contributed by atoms with Gasteiger partial charge in [0.25, 0.3) is 0 Å². The van der Waals surface area contributed by atoms with Crippen LogP contribution in [-0.2, 0) is 0 Å². The van der Waals surface area contributed by atoms with Crippen LogP contribution in [-0.4, -0.2) is 13.6 Å². The van der Waals surface area contributed by atoms with Crippen LogP contribution in [0, 0.1) is 0 Å². The minimum Gasteiger partial charge on any atom is -0.375 e. The smallest absolute Gasteiger partial charge is 0.0370 e. The average molecular weight is 333 g/mol. The summed E-state index contributed by atoms with van der Waals surface area (Å²) in [6.07, 6.45) is 0. The summed E-state index contributed by atoms with van der Waals surface area (Å²) in [5, 5.41) is 8.28. The molecule has 1 nitrogen and oxygen atoms in total. The maximum absolute atomic E-state index is 2.40. The molecule has 1 aliphatic carbocycles. The first kappa shape index (κ1) is 14.1. The van der Waals surface area contributed by atoms with E-state index in [1.54, 1.807) is 0 Å². The molecule has 0 unspecified atom stereocenters. The van der Waals surface area contributed by atoms with Gasteiger partial charge in [0.1, 0.15) is 0 Å². The Morgan fingerprint density at radius 2 is 1.35 bits per heavy atom. The molecule has 124 valence electrons. The van der Waals surface area contributed by atoms with Gasteiger partial charge in [0.15, 0.2) is 0 Å². The largest absolute Gasteiger partial charge is 0.375 e. The van der Waals surface area contributed by atoms with Crippen LogP contribution < -0.4 is 4.90 Å². The molecular weight excluding hydrogens is 314 g/mol. The van der Waals surface area contributed by atoms with Crippen LogP contribution in [0.1, 0.15) is 6.92 Å². The zero-order chi connectivity index (χ0) is 17.4. The molecule has 0 fully saturated rings. The molecule has 0 aliphatic heterocycles. The van der Waals surface area contributed by atoms with Crippen molar-refractivity contribution >= 4 is 38.0 Å². The second-order valence-electron chi connectivity index (χ2n) is 7.40. The average Bonchev–Trinajstić information content (AvgIpc) is 3.01. The number of rotatable bonds is 2. The highest BCUT2D eigenvalue weighted by molar-refractivity contribution is 6.31. The van der Waals surface area contributed by atoms with Crippen molar-refractivity contribution in [2.75, 3.05) is 18.5 Å². The van der Waals surface area contributed by atoms with Crippen LogP contribution in [0.2, 0.25) is 0 Å². The van der Waals surface area contributed by atoms with Gasteiger partial charge in [0, 0.05) is 19.3 Å². The van der Waals surface area contributed by atoms with Crippen LogP contribution in [0.3, 0.4) is 0 Å². The number of anilines is 1. The Bertz CT molecular complexity index is 1330. The van der Waals surface area contributed by atoms with Crippen molar-refractivity contribution in [3.8, 4) is 22.3 Å². The number of benzene rings is 5. The third kappa shape index (κ3) is 1.61. The van der Waals surface area contributed by atoms with Gasteiger partial charge >= 0.3 is 0 Å². The maximum Gasteiger partial charge on any atom is 0.0370 e. The normalized spacial score (nSPS) is 12.4. The summed E-state index contributed by atoms with van der Waals surface area (Å²) in [6, 6.07) is 25.1. The Labute approximate surface area is 152 Å². The zero-order valence-corrected chi connectivity index (χ0v) is 15.0. The molecule has 0 spiro atoms. The molecule has 0 amide bonds. The van der Waals surface area contributed by atoms with Crippen molar-refractivity contribution in [2.24, 2.45) is 0 Å². The van der Waals surface area contributed by atoms with E-state index in [2.05, 4.69) is 85.6 Å². The fourth-order valence-electron chi connectivity index (χ4n) is 4.70. The van der Waals surface area contributed by atoms with Crippen molar-refractivity contribution in [3.63, 3.8) is 0 Å². The quantitative estimate of drug-likeness (QED) is 0.319. The van der Waals surface area contributed by atoms with Crippen LogP contribution in [0.4, 0.5) is 5.69 Å². The summed E-state index contributed by atoms with van der Waals surface area (Å²) in [6.45, 7) is 3.21. The van der Waals surface area contributed by atoms with E-state index in [-0.39, 0.29) is 0 Å². The van der Waals surface area contributed by atoms with Gasteiger partial charge in [-0.1, -0.05) is 48.5 Å². The minimum atomic E-state index is 1.01. The fourth-order valence-corrected chi connectivity index (χ4v) is 4.70. The van der Waals surface area contributed by atoms with E-state index in [4.69, 9.17) is 0 Å². The predicted molar refractivity (Wildman–Crippen MR) is 114 cm³/mol. The van der Waals surface area contributed by atoms with Gasteiger partial charge in [-0.05, 0) is 79.7 Å². The Balaban J connectivity index is 1.81. The molecular formula is C25H19N. The van der Waals surface area contributed by atoms with Crippen molar-refractivity contribution in [2.45, 2.75) is 6.92 Å². The first-order valence-corrected chi connectivity index (χ1v) is 9.32. The van der Waals surface area contributed by atoms with Crippen molar-refractivity contribution < 1.29 is 0 Å².